The molecule has 0 bridgehead atoms. The van der Waals surface area contributed by atoms with E-state index in [1.165, 1.54) is 6.92 Å². The van der Waals surface area contributed by atoms with Crippen molar-refractivity contribution in [2.75, 3.05) is 12.3 Å². The summed E-state index contributed by atoms with van der Waals surface area (Å²) in [6.45, 7) is 1.05. The molecule has 0 radical (unpaired) electrons. The van der Waals surface area contributed by atoms with Crippen LogP contribution in [-0.2, 0) is 17.1 Å². The van der Waals surface area contributed by atoms with Gasteiger partial charge in [-0.1, -0.05) is 0 Å². The minimum Gasteiger partial charge on any atom is -0.462 e. The van der Waals surface area contributed by atoms with Crippen LogP contribution >= 0.6 is 0 Å². The van der Waals surface area contributed by atoms with Crippen LogP contribution in [0.1, 0.15) is 28.5 Å². The molecule has 0 spiro atoms. The second-order valence-corrected chi connectivity index (χ2v) is 3.53. The molecule has 112 valence electrons. The summed E-state index contributed by atoms with van der Waals surface area (Å²) in [4.78, 5) is 14.1. The number of hydrogen-bond donors (Lipinski definition) is 1. The first kappa shape index (κ1) is 16.1. The number of ether oxygens (including phenoxy) is 1. The van der Waals surface area contributed by atoms with Gasteiger partial charge in [-0.2, -0.15) is 26.3 Å². The Morgan fingerprint density at radius 3 is 2.20 bits per heavy atom. The van der Waals surface area contributed by atoms with Crippen LogP contribution in [-0.4, -0.2) is 17.6 Å². The third-order valence-electron chi connectivity index (χ3n) is 2.12. The first-order chi connectivity index (χ1) is 8.98. The Labute approximate surface area is 108 Å². The molecule has 0 aliphatic carbocycles. The Kier molecular flexibility index (Phi) is 4.15. The van der Waals surface area contributed by atoms with E-state index in [1.54, 1.807) is 0 Å². The summed E-state index contributed by atoms with van der Waals surface area (Å²) < 4.78 is 79.8. The molecule has 0 saturated heterocycles. The second kappa shape index (κ2) is 5.17. The lowest BCUT2D eigenvalue weighted by molar-refractivity contribution is -0.145. The van der Waals surface area contributed by atoms with Crippen LogP contribution in [0.3, 0.4) is 0 Å². The second-order valence-electron chi connectivity index (χ2n) is 3.53. The van der Waals surface area contributed by atoms with E-state index in [4.69, 9.17) is 5.73 Å². The van der Waals surface area contributed by atoms with Crippen LogP contribution < -0.4 is 5.73 Å². The number of halogens is 6. The molecule has 0 atom stereocenters. The van der Waals surface area contributed by atoms with Crippen molar-refractivity contribution in [2.45, 2.75) is 19.3 Å². The summed E-state index contributed by atoms with van der Waals surface area (Å²) in [6.07, 6.45) is -10.3. The van der Waals surface area contributed by atoms with Crippen molar-refractivity contribution in [1.29, 1.82) is 0 Å². The van der Waals surface area contributed by atoms with Gasteiger partial charge in [0.25, 0.3) is 0 Å². The van der Waals surface area contributed by atoms with Gasteiger partial charge >= 0.3 is 18.3 Å². The number of pyridine rings is 1. The fourth-order valence-electron chi connectivity index (χ4n) is 1.35. The first-order valence-corrected chi connectivity index (χ1v) is 5.10. The highest BCUT2D eigenvalue weighted by Gasteiger charge is 2.42. The van der Waals surface area contributed by atoms with Crippen molar-refractivity contribution in [2.24, 2.45) is 0 Å². The minimum absolute atomic E-state index is 0.267. The van der Waals surface area contributed by atoms with Gasteiger partial charge < -0.3 is 10.5 Å². The molecule has 0 aliphatic rings. The molecule has 0 unspecified atom stereocenters. The first-order valence-electron chi connectivity index (χ1n) is 5.10. The molecular weight excluding hydrogens is 294 g/mol. The maximum atomic E-state index is 12.7. The van der Waals surface area contributed by atoms with Crippen LogP contribution in [0.5, 0.6) is 0 Å². The van der Waals surface area contributed by atoms with Gasteiger partial charge in [0, 0.05) is 0 Å². The highest BCUT2D eigenvalue weighted by atomic mass is 19.4. The van der Waals surface area contributed by atoms with Crippen LogP contribution in [0.2, 0.25) is 0 Å². The maximum Gasteiger partial charge on any atom is 0.433 e. The normalized spacial score (nSPS) is 12.3. The average molecular weight is 302 g/mol. The minimum atomic E-state index is -5.21. The number of hydrogen-bond acceptors (Lipinski definition) is 4. The molecule has 0 aliphatic heterocycles. The third-order valence-corrected chi connectivity index (χ3v) is 2.12. The fourth-order valence-corrected chi connectivity index (χ4v) is 1.35. The number of nitrogens with zero attached hydrogens (tertiary/aromatic N) is 1. The van der Waals surface area contributed by atoms with Crippen LogP contribution in [0.25, 0.3) is 0 Å². The summed E-state index contributed by atoms with van der Waals surface area (Å²) in [6, 6.07) is -0.275. The zero-order valence-electron chi connectivity index (χ0n) is 9.89. The zero-order chi connectivity index (χ0) is 15.7. The van der Waals surface area contributed by atoms with Crippen molar-refractivity contribution in [3.63, 3.8) is 0 Å². The van der Waals surface area contributed by atoms with E-state index in [0.717, 1.165) is 0 Å². The molecule has 4 nitrogen and oxygen atoms in total. The van der Waals surface area contributed by atoms with Gasteiger partial charge in [-0.05, 0) is 13.0 Å². The molecule has 0 amide bonds. The number of alkyl halides is 6. The fraction of sp³-hybridized carbons (Fsp3) is 0.400. The van der Waals surface area contributed by atoms with Crippen LogP contribution in [0.4, 0.5) is 32.2 Å². The topological polar surface area (TPSA) is 65.2 Å². The molecule has 1 rings (SSSR count). The van der Waals surface area contributed by atoms with Crippen molar-refractivity contribution in [3.05, 3.63) is 22.9 Å². The van der Waals surface area contributed by atoms with Gasteiger partial charge in [-0.25, -0.2) is 9.78 Å². The Balaban J connectivity index is 3.56. The highest BCUT2D eigenvalue weighted by Crippen LogP contribution is 2.38. The Morgan fingerprint density at radius 1 is 1.25 bits per heavy atom. The number of nitrogen functional groups attached to an aromatic ring is 1. The zero-order valence-corrected chi connectivity index (χ0v) is 9.89. The van der Waals surface area contributed by atoms with Crippen molar-refractivity contribution in [1.82, 2.24) is 4.98 Å². The molecule has 1 heterocycles. The summed E-state index contributed by atoms with van der Waals surface area (Å²) in [5.41, 5.74) is 0.131. The average Bonchev–Trinajstić information content (AvgIpc) is 2.25. The molecule has 1 aromatic heterocycles. The number of carbonyl (C=O) groups is 1. The number of carbonyl (C=O) groups excluding carboxylic acids is 1. The molecule has 0 aromatic carbocycles. The standard InChI is InChI=1S/C10H8F6N2O2/c1-2-20-8(19)6-4(9(11,12)13)3-5(10(14,15)16)18-7(6)17/h3H,2H2,1H3,(H2,17,18). The molecule has 2 N–H and O–H groups in total. The van der Waals surface area contributed by atoms with Crippen LogP contribution in [0.15, 0.2) is 6.07 Å². The predicted molar refractivity (Wildman–Crippen MR) is 54.6 cm³/mol. The molecule has 0 saturated carbocycles. The van der Waals surface area contributed by atoms with Crippen molar-refractivity contribution < 1.29 is 35.9 Å². The van der Waals surface area contributed by atoms with Crippen molar-refractivity contribution >= 4 is 11.8 Å². The van der Waals surface area contributed by atoms with Crippen LogP contribution in [0, 0.1) is 0 Å². The highest BCUT2D eigenvalue weighted by molar-refractivity contribution is 5.96. The monoisotopic (exact) mass is 302 g/mol. The van der Waals surface area contributed by atoms with E-state index < -0.39 is 41.0 Å². The maximum absolute atomic E-state index is 12.7. The Bertz CT molecular complexity index is 524. The number of rotatable bonds is 2. The molecule has 1 aromatic rings. The molecular formula is C10H8F6N2O2. The quantitative estimate of drug-likeness (QED) is 0.674. The smallest absolute Gasteiger partial charge is 0.433 e. The van der Waals surface area contributed by atoms with E-state index in [1.807, 2.05) is 0 Å². The lowest BCUT2D eigenvalue weighted by Gasteiger charge is -2.16. The lowest BCUT2D eigenvalue weighted by Crippen LogP contribution is -2.21. The van der Waals surface area contributed by atoms with E-state index in [0.29, 0.717) is 0 Å². The third kappa shape index (κ3) is 3.31. The van der Waals surface area contributed by atoms with E-state index >= 15 is 0 Å². The van der Waals surface area contributed by atoms with Crippen molar-refractivity contribution in [3.8, 4) is 0 Å². The molecule has 0 fully saturated rings. The summed E-state index contributed by atoms with van der Waals surface area (Å²) in [7, 11) is 0. The van der Waals surface area contributed by atoms with Gasteiger partial charge in [0.2, 0.25) is 0 Å². The van der Waals surface area contributed by atoms with Gasteiger partial charge in [0.15, 0.2) is 0 Å². The summed E-state index contributed by atoms with van der Waals surface area (Å²) in [5, 5.41) is 0. The van der Waals surface area contributed by atoms with Gasteiger partial charge in [-0.3, -0.25) is 0 Å². The van der Waals surface area contributed by atoms with Gasteiger partial charge in [0.1, 0.15) is 17.1 Å². The number of esters is 1. The van der Waals surface area contributed by atoms with Gasteiger partial charge in [-0.15, -0.1) is 0 Å². The number of nitrogens with two attached hydrogens (primary N) is 1. The van der Waals surface area contributed by atoms with E-state index in [9.17, 15) is 31.1 Å². The van der Waals surface area contributed by atoms with E-state index in [2.05, 4.69) is 9.72 Å². The number of aromatic nitrogens is 1. The van der Waals surface area contributed by atoms with Gasteiger partial charge in [0.05, 0.1) is 12.2 Å². The predicted octanol–water partition coefficient (Wildman–Crippen LogP) is 2.88. The summed E-state index contributed by atoms with van der Waals surface area (Å²) >= 11 is 0. The molecule has 10 heteroatoms. The SMILES string of the molecule is CCOC(=O)c1c(C(F)(F)F)cc(C(F)(F)F)nc1N. The largest absolute Gasteiger partial charge is 0.462 e. The lowest BCUT2D eigenvalue weighted by atomic mass is 10.1. The summed E-state index contributed by atoms with van der Waals surface area (Å²) in [5.74, 6) is -2.68. The van der Waals surface area contributed by atoms with E-state index in [-0.39, 0.29) is 12.7 Å². The molecule has 20 heavy (non-hydrogen) atoms. The number of anilines is 1. The Morgan fingerprint density at radius 2 is 1.80 bits per heavy atom. The Hall–Kier alpha value is -2.00.